The molecule has 2 aliphatic heterocycles. The molecule has 1 aromatic rings. The maximum Gasteiger partial charge on any atom is 0.317 e. The molecule has 2 fully saturated rings. The second-order valence-corrected chi connectivity index (χ2v) is 6.43. The van der Waals surface area contributed by atoms with Crippen LogP contribution in [0.15, 0.2) is 18.6 Å². The van der Waals surface area contributed by atoms with Gasteiger partial charge in [-0.25, -0.2) is 9.78 Å². The average Bonchev–Trinajstić information content (AvgIpc) is 2.84. The highest BCUT2D eigenvalue weighted by Crippen LogP contribution is 2.11. The van der Waals surface area contributed by atoms with Gasteiger partial charge in [0.1, 0.15) is 5.82 Å². The van der Waals surface area contributed by atoms with Gasteiger partial charge in [0, 0.05) is 64.1 Å². The Balaban J connectivity index is 1.42. The molecule has 3 heterocycles. The molecule has 3 rings (SSSR count). The highest BCUT2D eigenvalue weighted by Gasteiger charge is 2.23. The number of hydrogen-bond acceptors (Lipinski definition) is 6. The molecule has 0 saturated carbocycles. The van der Waals surface area contributed by atoms with Gasteiger partial charge >= 0.3 is 6.03 Å². The van der Waals surface area contributed by atoms with E-state index in [1.54, 1.807) is 18.6 Å². The van der Waals surface area contributed by atoms with Gasteiger partial charge in [0.2, 0.25) is 0 Å². The standard InChI is InChI=1S/C16H26N6O2/c1-20-8-9-24-13-14(12-20)10-19-16(23)22-6-4-21(5-7-22)15-11-17-2-3-18-15/h2-3,11,14H,4-10,12-13H2,1H3,(H,19,23)/t14-/m1/s1. The predicted molar refractivity (Wildman–Crippen MR) is 91.0 cm³/mol. The Morgan fingerprint density at radius 1 is 1.29 bits per heavy atom. The molecule has 1 N–H and O–H groups in total. The number of amides is 2. The maximum atomic E-state index is 12.4. The predicted octanol–water partition coefficient (Wildman–Crippen LogP) is -0.114. The molecule has 0 aliphatic carbocycles. The monoisotopic (exact) mass is 334 g/mol. The summed E-state index contributed by atoms with van der Waals surface area (Å²) in [6.45, 7) is 7.01. The summed E-state index contributed by atoms with van der Waals surface area (Å²) < 4.78 is 5.59. The topological polar surface area (TPSA) is 73.8 Å². The number of likely N-dealkylation sites (N-methyl/N-ethyl adjacent to an activating group) is 1. The van der Waals surface area contributed by atoms with Crippen molar-refractivity contribution in [3.05, 3.63) is 18.6 Å². The Hall–Kier alpha value is -1.93. The van der Waals surface area contributed by atoms with E-state index in [2.05, 4.69) is 32.1 Å². The first-order valence-electron chi connectivity index (χ1n) is 8.52. The number of ether oxygens (including phenoxy) is 1. The third kappa shape index (κ3) is 4.55. The number of aromatic nitrogens is 2. The Morgan fingerprint density at radius 3 is 2.88 bits per heavy atom. The van der Waals surface area contributed by atoms with E-state index in [0.29, 0.717) is 32.2 Å². The fourth-order valence-electron chi connectivity index (χ4n) is 3.12. The number of anilines is 1. The van der Waals surface area contributed by atoms with Crippen molar-refractivity contribution in [1.82, 2.24) is 25.1 Å². The van der Waals surface area contributed by atoms with Crippen LogP contribution in [-0.4, -0.2) is 91.9 Å². The van der Waals surface area contributed by atoms with Gasteiger partial charge in [0.15, 0.2) is 0 Å². The lowest BCUT2D eigenvalue weighted by molar-refractivity contribution is 0.121. The summed E-state index contributed by atoms with van der Waals surface area (Å²) >= 11 is 0. The molecule has 8 nitrogen and oxygen atoms in total. The number of piperazine rings is 1. The molecule has 0 bridgehead atoms. The zero-order valence-corrected chi connectivity index (χ0v) is 14.2. The average molecular weight is 334 g/mol. The van der Waals surface area contributed by atoms with Crippen molar-refractivity contribution in [2.75, 3.05) is 71.0 Å². The zero-order chi connectivity index (χ0) is 16.8. The number of nitrogens with one attached hydrogen (secondary N) is 1. The summed E-state index contributed by atoms with van der Waals surface area (Å²) in [6.07, 6.45) is 5.13. The summed E-state index contributed by atoms with van der Waals surface area (Å²) in [5.74, 6) is 1.22. The Labute approximate surface area is 142 Å². The van der Waals surface area contributed by atoms with Crippen molar-refractivity contribution in [2.45, 2.75) is 0 Å². The summed E-state index contributed by atoms with van der Waals surface area (Å²) in [6, 6.07) is 0.0145. The van der Waals surface area contributed by atoms with Gasteiger partial charge in [-0.15, -0.1) is 0 Å². The minimum Gasteiger partial charge on any atom is -0.380 e. The van der Waals surface area contributed by atoms with Crippen LogP contribution in [-0.2, 0) is 4.74 Å². The molecule has 1 atom stereocenters. The lowest BCUT2D eigenvalue weighted by Crippen LogP contribution is -2.53. The molecule has 0 aromatic carbocycles. The molecule has 0 spiro atoms. The van der Waals surface area contributed by atoms with Crippen molar-refractivity contribution in [2.24, 2.45) is 5.92 Å². The maximum absolute atomic E-state index is 12.4. The van der Waals surface area contributed by atoms with Gasteiger partial charge in [-0.2, -0.15) is 0 Å². The number of urea groups is 1. The van der Waals surface area contributed by atoms with Gasteiger partial charge in [0.05, 0.1) is 19.4 Å². The molecular weight excluding hydrogens is 308 g/mol. The van der Waals surface area contributed by atoms with E-state index in [9.17, 15) is 4.79 Å². The van der Waals surface area contributed by atoms with Gasteiger partial charge in [-0.1, -0.05) is 0 Å². The van der Waals surface area contributed by atoms with Crippen LogP contribution in [0.4, 0.5) is 10.6 Å². The normalized spacial score (nSPS) is 23.0. The Kier molecular flexibility index (Phi) is 5.81. The van der Waals surface area contributed by atoms with Crippen LogP contribution in [0, 0.1) is 5.92 Å². The summed E-state index contributed by atoms with van der Waals surface area (Å²) in [4.78, 5) is 27.1. The van der Waals surface area contributed by atoms with Gasteiger partial charge in [-0.3, -0.25) is 4.98 Å². The van der Waals surface area contributed by atoms with E-state index >= 15 is 0 Å². The van der Waals surface area contributed by atoms with Crippen molar-refractivity contribution in [1.29, 1.82) is 0 Å². The highest BCUT2D eigenvalue weighted by atomic mass is 16.5. The first-order valence-corrected chi connectivity index (χ1v) is 8.52. The molecule has 2 saturated heterocycles. The van der Waals surface area contributed by atoms with Crippen LogP contribution >= 0.6 is 0 Å². The number of rotatable bonds is 3. The number of carbonyl (C=O) groups is 1. The third-order valence-electron chi connectivity index (χ3n) is 4.52. The molecule has 24 heavy (non-hydrogen) atoms. The van der Waals surface area contributed by atoms with Gasteiger partial charge in [-0.05, 0) is 7.05 Å². The molecule has 132 valence electrons. The number of hydrogen-bond donors (Lipinski definition) is 1. The van der Waals surface area contributed by atoms with E-state index < -0.39 is 0 Å². The SMILES string of the molecule is CN1CCOC[C@H](CNC(=O)N2CCN(c3cnccn3)CC2)C1. The molecule has 2 aliphatic rings. The van der Waals surface area contributed by atoms with Crippen LogP contribution in [0.25, 0.3) is 0 Å². The van der Waals surface area contributed by atoms with Crippen molar-refractivity contribution < 1.29 is 9.53 Å². The molecule has 8 heteroatoms. The van der Waals surface area contributed by atoms with Crippen LogP contribution in [0.1, 0.15) is 0 Å². The number of carbonyl (C=O) groups excluding carboxylic acids is 1. The third-order valence-corrected chi connectivity index (χ3v) is 4.52. The Morgan fingerprint density at radius 2 is 2.12 bits per heavy atom. The molecule has 1 aromatic heterocycles. The fourth-order valence-corrected chi connectivity index (χ4v) is 3.12. The largest absolute Gasteiger partial charge is 0.380 e. The van der Waals surface area contributed by atoms with E-state index in [4.69, 9.17) is 4.74 Å². The minimum atomic E-state index is 0.0145. The van der Waals surface area contributed by atoms with Crippen molar-refractivity contribution in [3.63, 3.8) is 0 Å². The second-order valence-electron chi connectivity index (χ2n) is 6.43. The first-order chi connectivity index (χ1) is 11.7. The van der Waals surface area contributed by atoms with E-state index in [1.165, 1.54) is 0 Å². The summed E-state index contributed by atoms with van der Waals surface area (Å²) in [7, 11) is 2.09. The van der Waals surface area contributed by atoms with Crippen LogP contribution in [0.5, 0.6) is 0 Å². The summed E-state index contributed by atoms with van der Waals surface area (Å²) in [5.41, 5.74) is 0. The summed E-state index contributed by atoms with van der Waals surface area (Å²) in [5, 5.41) is 3.06. The molecule has 2 amide bonds. The smallest absolute Gasteiger partial charge is 0.317 e. The van der Waals surface area contributed by atoms with Crippen LogP contribution in [0.2, 0.25) is 0 Å². The van der Waals surface area contributed by atoms with Crippen molar-refractivity contribution >= 4 is 11.8 Å². The molecule has 0 radical (unpaired) electrons. The fraction of sp³-hybridized carbons (Fsp3) is 0.688. The van der Waals surface area contributed by atoms with Gasteiger partial charge in [0.25, 0.3) is 0 Å². The van der Waals surface area contributed by atoms with E-state index in [1.807, 2.05) is 4.90 Å². The van der Waals surface area contributed by atoms with Crippen LogP contribution < -0.4 is 10.2 Å². The lowest BCUT2D eigenvalue weighted by Gasteiger charge is -2.35. The molecular formula is C16H26N6O2. The highest BCUT2D eigenvalue weighted by molar-refractivity contribution is 5.74. The second kappa shape index (κ2) is 8.25. The van der Waals surface area contributed by atoms with Crippen molar-refractivity contribution in [3.8, 4) is 0 Å². The van der Waals surface area contributed by atoms with E-state index in [0.717, 1.165) is 38.6 Å². The van der Waals surface area contributed by atoms with Crippen LogP contribution in [0.3, 0.4) is 0 Å². The minimum absolute atomic E-state index is 0.0145. The molecule has 0 unspecified atom stereocenters. The zero-order valence-electron chi connectivity index (χ0n) is 14.2. The Bertz CT molecular complexity index is 521. The first kappa shape index (κ1) is 16.9. The van der Waals surface area contributed by atoms with E-state index in [-0.39, 0.29) is 6.03 Å². The quantitative estimate of drug-likeness (QED) is 0.831. The lowest BCUT2D eigenvalue weighted by atomic mass is 10.1. The van der Waals surface area contributed by atoms with Gasteiger partial charge < -0.3 is 24.8 Å². The number of nitrogens with zero attached hydrogens (tertiary/aromatic N) is 5.